The fourth-order valence-corrected chi connectivity index (χ4v) is 4.06. The third kappa shape index (κ3) is 3.86. The second kappa shape index (κ2) is 7.35. The Kier molecular flexibility index (Phi) is 5.21. The normalized spacial score (nSPS) is 26.1. The number of hydrogen-bond acceptors (Lipinski definition) is 3. The van der Waals surface area contributed by atoms with Gasteiger partial charge in [-0.3, -0.25) is 4.79 Å². The molecule has 0 spiro atoms. The van der Waals surface area contributed by atoms with Crippen LogP contribution in [0.1, 0.15) is 50.0 Å². The van der Waals surface area contributed by atoms with Crippen LogP contribution >= 0.6 is 0 Å². The molecule has 126 valence electrons. The van der Waals surface area contributed by atoms with Crippen LogP contribution in [0.2, 0.25) is 0 Å². The maximum absolute atomic E-state index is 12.8. The summed E-state index contributed by atoms with van der Waals surface area (Å²) < 4.78 is 5.33. The number of methoxy groups -OCH3 is 1. The van der Waals surface area contributed by atoms with E-state index in [0.717, 1.165) is 31.6 Å². The van der Waals surface area contributed by atoms with Gasteiger partial charge in [-0.15, -0.1) is 0 Å². The van der Waals surface area contributed by atoms with E-state index >= 15 is 0 Å². The van der Waals surface area contributed by atoms with Crippen molar-refractivity contribution in [1.82, 2.24) is 4.90 Å². The van der Waals surface area contributed by atoms with Crippen LogP contribution in [0.3, 0.4) is 0 Å². The topological polar surface area (TPSA) is 55.6 Å². The molecule has 4 heteroatoms. The number of rotatable bonds is 3. The molecule has 0 radical (unpaired) electrons. The first-order valence-corrected chi connectivity index (χ1v) is 8.85. The number of nitrogens with two attached hydrogens (primary N) is 1. The van der Waals surface area contributed by atoms with E-state index in [-0.39, 0.29) is 12.0 Å². The van der Waals surface area contributed by atoms with E-state index in [2.05, 4.69) is 12.1 Å². The van der Waals surface area contributed by atoms with Crippen LogP contribution in [-0.2, 0) is 4.79 Å². The molecule has 2 aliphatic rings. The summed E-state index contributed by atoms with van der Waals surface area (Å²) in [6.45, 7) is 1.49. The summed E-state index contributed by atoms with van der Waals surface area (Å²) in [5.74, 6) is 1.72. The number of piperidine rings is 1. The molecule has 3 rings (SSSR count). The number of carbonyl (C=O) groups excluding carboxylic acids is 1. The van der Waals surface area contributed by atoms with Gasteiger partial charge >= 0.3 is 0 Å². The average Bonchev–Trinajstić information content (AvgIpc) is 2.61. The number of amides is 1. The van der Waals surface area contributed by atoms with Crippen LogP contribution in [0.5, 0.6) is 5.75 Å². The van der Waals surface area contributed by atoms with E-state index in [1.165, 1.54) is 24.8 Å². The van der Waals surface area contributed by atoms with Gasteiger partial charge < -0.3 is 15.4 Å². The van der Waals surface area contributed by atoms with E-state index in [4.69, 9.17) is 10.5 Å². The maximum atomic E-state index is 12.8. The lowest BCUT2D eigenvalue weighted by Gasteiger charge is -2.39. The smallest absolute Gasteiger partial charge is 0.225 e. The molecule has 23 heavy (non-hydrogen) atoms. The van der Waals surface area contributed by atoms with Crippen molar-refractivity contribution < 1.29 is 9.53 Å². The average molecular weight is 316 g/mol. The van der Waals surface area contributed by atoms with Gasteiger partial charge in [0.1, 0.15) is 5.75 Å². The quantitative estimate of drug-likeness (QED) is 0.933. The maximum Gasteiger partial charge on any atom is 0.225 e. The van der Waals surface area contributed by atoms with E-state index in [1.54, 1.807) is 7.11 Å². The van der Waals surface area contributed by atoms with E-state index in [1.807, 2.05) is 17.0 Å². The minimum atomic E-state index is 0.0625. The number of ether oxygens (including phenoxy) is 1. The molecule has 4 nitrogen and oxygen atoms in total. The second-order valence-corrected chi connectivity index (χ2v) is 7.05. The van der Waals surface area contributed by atoms with Crippen LogP contribution < -0.4 is 10.5 Å². The zero-order valence-electron chi connectivity index (χ0n) is 14.0. The summed E-state index contributed by atoms with van der Waals surface area (Å²) in [5.41, 5.74) is 7.49. The molecule has 1 aromatic rings. The van der Waals surface area contributed by atoms with Crippen LogP contribution in [0.15, 0.2) is 24.3 Å². The summed E-state index contributed by atoms with van der Waals surface area (Å²) in [6, 6.07) is 8.23. The lowest BCUT2D eigenvalue weighted by Crippen LogP contribution is -2.50. The number of benzene rings is 1. The minimum absolute atomic E-state index is 0.0625. The molecule has 2 atom stereocenters. The lowest BCUT2D eigenvalue weighted by molar-refractivity contribution is -0.138. The highest BCUT2D eigenvalue weighted by Crippen LogP contribution is 2.31. The van der Waals surface area contributed by atoms with Gasteiger partial charge in [-0.2, -0.15) is 0 Å². The highest BCUT2D eigenvalue weighted by Gasteiger charge is 2.33. The number of hydrogen-bond donors (Lipinski definition) is 1. The Bertz CT molecular complexity index is 540. The van der Waals surface area contributed by atoms with Crippen molar-refractivity contribution in [1.29, 1.82) is 0 Å². The zero-order valence-corrected chi connectivity index (χ0v) is 14.0. The summed E-state index contributed by atoms with van der Waals surface area (Å²) in [4.78, 5) is 14.9. The van der Waals surface area contributed by atoms with Crippen molar-refractivity contribution >= 4 is 5.91 Å². The molecule has 0 bridgehead atoms. The van der Waals surface area contributed by atoms with Gasteiger partial charge in [-0.1, -0.05) is 31.4 Å². The van der Waals surface area contributed by atoms with Crippen molar-refractivity contribution in [3.8, 4) is 5.75 Å². The van der Waals surface area contributed by atoms with Crippen LogP contribution in [-0.4, -0.2) is 37.0 Å². The first-order valence-electron chi connectivity index (χ1n) is 8.85. The van der Waals surface area contributed by atoms with Gasteiger partial charge in [-0.05, 0) is 37.0 Å². The van der Waals surface area contributed by atoms with Crippen molar-refractivity contribution in [2.75, 3.05) is 20.2 Å². The lowest BCUT2D eigenvalue weighted by atomic mass is 9.85. The Morgan fingerprint density at radius 2 is 2.00 bits per heavy atom. The third-order valence-electron chi connectivity index (χ3n) is 5.31. The summed E-state index contributed by atoms with van der Waals surface area (Å²) in [7, 11) is 1.69. The van der Waals surface area contributed by atoms with Crippen LogP contribution in [0.4, 0.5) is 0 Å². The Labute approximate surface area is 139 Å². The van der Waals surface area contributed by atoms with Gasteiger partial charge in [-0.25, -0.2) is 0 Å². The molecule has 1 heterocycles. The fraction of sp³-hybridized carbons (Fsp3) is 0.632. The molecule has 1 aromatic carbocycles. The van der Waals surface area contributed by atoms with Gasteiger partial charge in [0.15, 0.2) is 0 Å². The van der Waals surface area contributed by atoms with Gasteiger partial charge in [0.05, 0.1) is 7.11 Å². The monoisotopic (exact) mass is 316 g/mol. The molecule has 1 aliphatic heterocycles. The largest absolute Gasteiger partial charge is 0.497 e. The highest BCUT2D eigenvalue weighted by molar-refractivity contribution is 5.79. The molecule has 1 saturated carbocycles. The second-order valence-electron chi connectivity index (χ2n) is 7.05. The number of carbonyl (C=O) groups is 1. The molecular weight excluding hydrogens is 288 g/mol. The van der Waals surface area contributed by atoms with Crippen LogP contribution in [0.25, 0.3) is 0 Å². The summed E-state index contributed by atoms with van der Waals surface area (Å²) in [6.07, 6.45) is 6.69. The molecule has 2 unspecified atom stereocenters. The van der Waals surface area contributed by atoms with Gasteiger partial charge in [0.25, 0.3) is 0 Å². The molecule has 0 aromatic heterocycles. The zero-order chi connectivity index (χ0) is 16.2. The molecule has 1 amide bonds. The summed E-state index contributed by atoms with van der Waals surface area (Å²) in [5, 5.41) is 0. The molecular formula is C19H28N2O2. The molecule has 2 fully saturated rings. The van der Waals surface area contributed by atoms with Gasteiger partial charge in [0, 0.05) is 31.0 Å². The number of nitrogens with zero attached hydrogens (tertiary/aromatic N) is 1. The van der Waals surface area contributed by atoms with Crippen molar-refractivity contribution in [3.05, 3.63) is 29.8 Å². The first kappa shape index (κ1) is 16.3. The SMILES string of the molecule is COc1cccc(C2CC(N)CN(C(=O)C3CCCCC3)C2)c1. The van der Waals surface area contributed by atoms with Crippen molar-refractivity contribution in [2.45, 2.75) is 50.5 Å². The standard InChI is InChI=1S/C19H28N2O2/c1-23-18-9-5-8-15(11-18)16-10-17(20)13-21(12-16)19(22)14-6-3-2-4-7-14/h5,8-9,11,14,16-17H,2-4,6-7,10,12-13,20H2,1H3. The van der Waals surface area contributed by atoms with E-state index < -0.39 is 0 Å². The fourth-order valence-electron chi connectivity index (χ4n) is 4.06. The minimum Gasteiger partial charge on any atom is -0.497 e. The Morgan fingerprint density at radius 3 is 2.74 bits per heavy atom. The predicted octanol–water partition coefficient (Wildman–Crippen LogP) is 2.92. The van der Waals surface area contributed by atoms with Crippen molar-refractivity contribution in [2.24, 2.45) is 11.7 Å². The van der Waals surface area contributed by atoms with E-state index in [9.17, 15) is 4.79 Å². The van der Waals surface area contributed by atoms with E-state index in [0.29, 0.717) is 18.4 Å². The third-order valence-corrected chi connectivity index (χ3v) is 5.31. The first-order chi connectivity index (χ1) is 11.2. The molecule has 1 aliphatic carbocycles. The Morgan fingerprint density at radius 1 is 1.22 bits per heavy atom. The van der Waals surface area contributed by atoms with Crippen LogP contribution in [0, 0.1) is 5.92 Å². The highest BCUT2D eigenvalue weighted by atomic mass is 16.5. The molecule has 1 saturated heterocycles. The summed E-state index contributed by atoms with van der Waals surface area (Å²) >= 11 is 0. The predicted molar refractivity (Wildman–Crippen MR) is 91.5 cm³/mol. The Balaban J connectivity index is 1.71. The number of likely N-dealkylation sites (tertiary alicyclic amines) is 1. The van der Waals surface area contributed by atoms with Gasteiger partial charge in [0.2, 0.25) is 5.91 Å². The van der Waals surface area contributed by atoms with Crippen molar-refractivity contribution in [3.63, 3.8) is 0 Å². The Hall–Kier alpha value is -1.55. The molecule has 2 N–H and O–H groups in total.